The number of nitrogens with one attached hydrogen (secondary N) is 1. The summed E-state index contributed by atoms with van der Waals surface area (Å²) in [4.78, 5) is 7.30. The van der Waals surface area contributed by atoms with E-state index in [1.54, 1.807) is 36.4 Å². The van der Waals surface area contributed by atoms with Crippen LogP contribution in [0.1, 0.15) is 30.8 Å². The number of hydrogen-bond acceptors (Lipinski definition) is 6. The van der Waals surface area contributed by atoms with Crippen molar-refractivity contribution in [1.29, 1.82) is 5.41 Å². The summed E-state index contributed by atoms with van der Waals surface area (Å²) < 4.78 is 31.9. The number of sulfonamides is 1. The maximum absolute atomic E-state index is 14.2. The highest BCUT2D eigenvalue weighted by atomic mass is 32.2. The molecule has 0 spiro atoms. The molecule has 10 heteroatoms. The topological polar surface area (TPSA) is 129 Å². The van der Waals surface area contributed by atoms with E-state index in [2.05, 4.69) is 23.3 Å². The molecular weight excluding hydrogens is 560 g/mol. The number of amidine groups is 1. The maximum atomic E-state index is 14.2. The lowest BCUT2D eigenvalue weighted by atomic mass is 10.1. The van der Waals surface area contributed by atoms with Crippen LogP contribution in [0.2, 0.25) is 0 Å². The highest BCUT2D eigenvalue weighted by Gasteiger charge is 2.26. The van der Waals surface area contributed by atoms with Crippen LogP contribution in [0, 0.1) is 5.41 Å². The van der Waals surface area contributed by atoms with Crippen molar-refractivity contribution in [1.82, 2.24) is 14.5 Å². The molecule has 0 aliphatic rings. The summed E-state index contributed by atoms with van der Waals surface area (Å²) in [5, 5.41) is 18.9. The standard InChI is InChI=1S/C33H38N6O3S/c1-4-38(5-2)18-19-39(43(41,42)29-15-12-25-20-28(40)14-11-26(25)21-29)27-13-16-31-30(22-27)36-32(37(31)3)17-8-23-6-9-24(10-7-23)33(34)35/h6-7,9-16,20-22,40H,4-5,8,17-19H2,1-3H3,(H3,34,35). The predicted octanol–water partition coefficient (Wildman–Crippen LogP) is 5.04. The van der Waals surface area contributed by atoms with Gasteiger partial charge in [0.05, 0.1) is 21.6 Å². The van der Waals surface area contributed by atoms with E-state index < -0.39 is 10.0 Å². The monoisotopic (exact) mass is 598 g/mol. The van der Waals surface area contributed by atoms with E-state index in [0.717, 1.165) is 52.7 Å². The summed E-state index contributed by atoms with van der Waals surface area (Å²) in [6.07, 6.45) is 1.48. The third-order valence-electron chi connectivity index (χ3n) is 8.04. The molecular formula is C33H38N6O3S. The van der Waals surface area contributed by atoms with Crippen LogP contribution in [0.3, 0.4) is 0 Å². The highest BCUT2D eigenvalue weighted by molar-refractivity contribution is 7.92. The SMILES string of the molecule is CCN(CC)CCN(c1ccc2c(c1)nc(CCc1ccc(C(=N)N)cc1)n2C)S(=O)(=O)c1ccc2cc(O)ccc2c1. The third-order valence-corrected chi connectivity index (χ3v) is 9.87. The Morgan fingerprint density at radius 2 is 1.60 bits per heavy atom. The normalized spacial score (nSPS) is 11.9. The Morgan fingerprint density at radius 3 is 2.30 bits per heavy atom. The largest absolute Gasteiger partial charge is 0.508 e. The molecule has 1 heterocycles. The van der Waals surface area contributed by atoms with Gasteiger partial charge in [0, 0.05) is 32.1 Å². The van der Waals surface area contributed by atoms with Gasteiger partial charge in [-0.25, -0.2) is 13.4 Å². The molecule has 4 aromatic carbocycles. The van der Waals surface area contributed by atoms with Crippen LogP contribution in [-0.2, 0) is 29.9 Å². The van der Waals surface area contributed by atoms with Crippen LogP contribution in [0.25, 0.3) is 21.8 Å². The smallest absolute Gasteiger partial charge is 0.264 e. The number of aryl methyl sites for hydroxylation is 3. The minimum Gasteiger partial charge on any atom is -0.508 e. The number of benzene rings is 4. The molecule has 5 aromatic rings. The van der Waals surface area contributed by atoms with Crippen LogP contribution in [0.4, 0.5) is 5.69 Å². The number of hydrogen-bond donors (Lipinski definition) is 3. The van der Waals surface area contributed by atoms with Crippen molar-refractivity contribution in [3.8, 4) is 5.75 Å². The number of phenolic OH excluding ortho intramolecular Hbond substituents is 1. The van der Waals surface area contributed by atoms with Crippen molar-refractivity contribution < 1.29 is 13.5 Å². The lowest BCUT2D eigenvalue weighted by molar-refractivity contribution is 0.313. The first-order valence-electron chi connectivity index (χ1n) is 14.5. The van der Waals surface area contributed by atoms with Crippen LogP contribution in [0.5, 0.6) is 5.75 Å². The fraction of sp³-hybridized carbons (Fsp3) is 0.273. The first-order chi connectivity index (χ1) is 20.6. The number of nitrogens with zero attached hydrogens (tertiary/aromatic N) is 4. The maximum Gasteiger partial charge on any atom is 0.264 e. The molecule has 224 valence electrons. The molecule has 0 saturated heterocycles. The average Bonchev–Trinajstić information content (AvgIpc) is 3.32. The molecule has 0 atom stereocenters. The summed E-state index contributed by atoms with van der Waals surface area (Å²) in [5.74, 6) is 1.09. The molecule has 0 bridgehead atoms. The van der Waals surface area contributed by atoms with Crippen LogP contribution in [-0.4, -0.2) is 60.0 Å². The second-order valence-corrected chi connectivity index (χ2v) is 12.5. The van der Waals surface area contributed by atoms with Crippen molar-refractivity contribution in [2.45, 2.75) is 31.6 Å². The molecule has 0 fully saturated rings. The Morgan fingerprint density at radius 1 is 0.907 bits per heavy atom. The van der Waals surface area contributed by atoms with Crippen LogP contribution in [0.15, 0.2) is 83.8 Å². The number of aromatic hydroxyl groups is 1. The summed E-state index contributed by atoms with van der Waals surface area (Å²) in [6.45, 7) is 6.66. The van der Waals surface area contributed by atoms with Crippen molar-refractivity contribution in [3.63, 3.8) is 0 Å². The zero-order chi connectivity index (χ0) is 30.7. The molecule has 1 aromatic heterocycles. The average molecular weight is 599 g/mol. The third kappa shape index (κ3) is 6.35. The Labute approximate surface area is 252 Å². The van der Waals surface area contributed by atoms with E-state index in [0.29, 0.717) is 30.8 Å². The van der Waals surface area contributed by atoms with E-state index in [1.165, 1.54) is 4.31 Å². The van der Waals surface area contributed by atoms with E-state index in [4.69, 9.17) is 16.1 Å². The fourth-order valence-corrected chi connectivity index (χ4v) is 6.87. The van der Waals surface area contributed by atoms with E-state index >= 15 is 0 Å². The second kappa shape index (κ2) is 12.4. The quantitative estimate of drug-likeness (QED) is 0.136. The van der Waals surface area contributed by atoms with Crippen molar-refractivity contribution in [2.75, 3.05) is 30.5 Å². The Hall–Kier alpha value is -4.41. The number of imidazole rings is 1. The zero-order valence-electron chi connectivity index (χ0n) is 24.8. The molecule has 9 nitrogen and oxygen atoms in total. The number of phenols is 1. The Kier molecular flexibility index (Phi) is 8.70. The molecule has 0 aliphatic carbocycles. The van der Waals surface area contributed by atoms with Gasteiger partial charge in [0.1, 0.15) is 17.4 Å². The van der Waals surface area contributed by atoms with Crippen molar-refractivity contribution >= 4 is 43.4 Å². The van der Waals surface area contributed by atoms with Gasteiger partial charge in [-0.2, -0.15) is 0 Å². The molecule has 5 rings (SSSR count). The van der Waals surface area contributed by atoms with E-state index in [-0.39, 0.29) is 16.5 Å². The van der Waals surface area contributed by atoms with Gasteiger partial charge in [0.25, 0.3) is 10.0 Å². The van der Waals surface area contributed by atoms with Gasteiger partial charge in [-0.15, -0.1) is 0 Å². The van der Waals surface area contributed by atoms with Gasteiger partial charge in [0.15, 0.2) is 0 Å². The number of rotatable bonds is 12. The summed E-state index contributed by atoms with van der Waals surface area (Å²) in [7, 11) is -1.93. The van der Waals surface area contributed by atoms with Gasteiger partial charge >= 0.3 is 0 Å². The van der Waals surface area contributed by atoms with E-state index in [9.17, 15) is 13.5 Å². The number of nitrogens with two attached hydrogens (primary N) is 1. The zero-order valence-corrected chi connectivity index (χ0v) is 25.6. The number of likely N-dealkylation sites (N-methyl/N-ethyl adjacent to an activating group) is 1. The first-order valence-corrected chi connectivity index (χ1v) is 15.9. The molecule has 0 aliphatic heterocycles. The van der Waals surface area contributed by atoms with Gasteiger partial charge in [-0.1, -0.05) is 50.2 Å². The number of nitrogen functional groups attached to an aromatic ring is 1. The van der Waals surface area contributed by atoms with Crippen LogP contribution >= 0.6 is 0 Å². The lowest BCUT2D eigenvalue weighted by Gasteiger charge is -2.28. The molecule has 0 unspecified atom stereocenters. The van der Waals surface area contributed by atoms with Gasteiger partial charge in [0.2, 0.25) is 0 Å². The number of aromatic nitrogens is 2. The Bertz CT molecular complexity index is 1880. The molecule has 43 heavy (non-hydrogen) atoms. The van der Waals surface area contributed by atoms with Crippen molar-refractivity contribution in [3.05, 3.63) is 95.8 Å². The molecule has 0 amide bonds. The minimum absolute atomic E-state index is 0.0479. The van der Waals surface area contributed by atoms with Gasteiger partial charge < -0.3 is 20.3 Å². The highest BCUT2D eigenvalue weighted by Crippen LogP contribution is 2.30. The van der Waals surface area contributed by atoms with Crippen LogP contribution < -0.4 is 10.0 Å². The summed E-state index contributed by atoms with van der Waals surface area (Å²) in [5.41, 5.74) is 9.62. The minimum atomic E-state index is -3.91. The molecule has 4 N–H and O–H groups in total. The predicted molar refractivity (Wildman–Crippen MR) is 174 cm³/mol. The summed E-state index contributed by atoms with van der Waals surface area (Å²) >= 11 is 0. The lowest BCUT2D eigenvalue weighted by Crippen LogP contribution is -2.38. The Balaban J connectivity index is 1.47. The number of fused-ring (bicyclic) bond motifs is 2. The summed E-state index contributed by atoms with van der Waals surface area (Å²) in [6, 6.07) is 23.2. The number of anilines is 1. The van der Waals surface area contributed by atoms with Gasteiger partial charge in [-0.3, -0.25) is 9.71 Å². The second-order valence-electron chi connectivity index (χ2n) is 10.7. The van der Waals surface area contributed by atoms with Gasteiger partial charge in [-0.05, 0) is 78.3 Å². The van der Waals surface area contributed by atoms with E-state index in [1.807, 2.05) is 49.5 Å². The fourth-order valence-electron chi connectivity index (χ4n) is 5.38. The molecule has 0 saturated carbocycles. The first kappa shape index (κ1) is 30.1. The van der Waals surface area contributed by atoms with Crippen molar-refractivity contribution in [2.24, 2.45) is 12.8 Å². The molecule has 0 radical (unpaired) electrons.